The van der Waals surface area contributed by atoms with Crippen molar-refractivity contribution in [3.63, 3.8) is 0 Å². The fourth-order valence-corrected chi connectivity index (χ4v) is 0.888. The molecule has 0 aliphatic heterocycles. The van der Waals surface area contributed by atoms with Crippen molar-refractivity contribution in [2.45, 2.75) is 32.8 Å². The Balaban J connectivity index is 3.75. The first-order chi connectivity index (χ1) is 5.57. The number of allylic oxidation sites excluding steroid dienone is 2. The minimum atomic E-state index is -0.949. The van der Waals surface area contributed by atoms with E-state index in [0.29, 0.717) is 0 Å². The Hall–Kier alpha value is -0.830. The van der Waals surface area contributed by atoms with Gasteiger partial charge in [-0.05, 0) is 19.3 Å². The summed E-state index contributed by atoms with van der Waals surface area (Å²) < 4.78 is 0. The summed E-state index contributed by atoms with van der Waals surface area (Å²) in [5.41, 5.74) is 0. The molecule has 0 radical (unpaired) electrons. The molecule has 2 N–H and O–H groups in total. The van der Waals surface area contributed by atoms with E-state index in [1.807, 2.05) is 26.0 Å². The average molecular weight is 172 g/mol. The molecular formula is C9H16O3. The molecular weight excluding hydrogens is 156 g/mol. The predicted octanol–water partition coefficient (Wildman–Crippen LogP) is 1.42. The van der Waals surface area contributed by atoms with Gasteiger partial charge in [-0.2, -0.15) is 0 Å². The van der Waals surface area contributed by atoms with Gasteiger partial charge in [0.2, 0.25) is 0 Å². The van der Waals surface area contributed by atoms with Crippen LogP contribution in [0.2, 0.25) is 0 Å². The lowest BCUT2D eigenvalue weighted by molar-refractivity contribution is -0.139. The van der Waals surface area contributed by atoms with E-state index >= 15 is 0 Å². The molecule has 3 nitrogen and oxygen atoms in total. The highest BCUT2D eigenvalue weighted by Crippen LogP contribution is 2.11. The maximum Gasteiger partial charge on any atom is 0.305 e. The summed E-state index contributed by atoms with van der Waals surface area (Å²) in [7, 11) is 0. The molecule has 0 heterocycles. The molecule has 0 amide bonds. The Kier molecular flexibility index (Phi) is 5.37. The first-order valence-electron chi connectivity index (χ1n) is 4.09. The normalized spacial score (nSPS) is 16.2. The Labute approximate surface area is 72.7 Å². The van der Waals surface area contributed by atoms with Gasteiger partial charge in [0.25, 0.3) is 0 Å². The molecule has 0 bridgehead atoms. The molecule has 0 saturated heterocycles. The molecule has 12 heavy (non-hydrogen) atoms. The third kappa shape index (κ3) is 4.91. The monoisotopic (exact) mass is 172 g/mol. The van der Waals surface area contributed by atoms with Gasteiger partial charge in [0, 0.05) is 0 Å². The number of rotatable bonds is 5. The number of hydrogen-bond acceptors (Lipinski definition) is 2. The molecule has 0 aromatic rings. The van der Waals surface area contributed by atoms with E-state index in [1.54, 1.807) is 0 Å². The summed E-state index contributed by atoms with van der Waals surface area (Å²) in [5, 5.41) is 17.7. The van der Waals surface area contributed by atoms with E-state index in [0.717, 1.165) is 6.42 Å². The van der Waals surface area contributed by atoms with E-state index in [-0.39, 0.29) is 12.3 Å². The van der Waals surface area contributed by atoms with Gasteiger partial charge in [0.1, 0.15) is 0 Å². The minimum Gasteiger partial charge on any atom is -0.481 e. The summed E-state index contributed by atoms with van der Waals surface area (Å²) in [6, 6.07) is 0. The minimum absolute atomic E-state index is 0.0114. The lowest BCUT2D eigenvalue weighted by atomic mass is 9.98. The fourth-order valence-electron chi connectivity index (χ4n) is 0.888. The van der Waals surface area contributed by atoms with E-state index in [1.165, 1.54) is 0 Å². The first kappa shape index (κ1) is 11.2. The highest BCUT2D eigenvalue weighted by Gasteiger charge is 2.15. The van der Waals surface area contributed by atoms with E-state index in [4.69, 9.17) is 5.11 Å². The number of aliphatic hydroxyl groups is 1. The zero-order valence-electron chi connectivity index (χ0n) is 7.53. The van der Waals surface area contributed by atoms with Crippen LogP contribution in [0.3, 0.4) is 0 Å². The molecule has 0 fully saturated rings. The van der Waals surface area contributed by atoms with Gasteiger partial charge in [-0.3, -0.25) is 4.79 Å². The predicted molar refractivity (Wildman–Crippen MR) is 46.9 cm³/mol. The third-order valence-electron chi connectivity index (χ3n) is 1.78. The van der Waals surface area contributed by atoms with Gasteiger partial charge in [-0.25, -0.2) is 0 Å². The lowest BCUT2D eigenvalue weighted by Gasteiger charge is -2.14. The van der Waals surface area contributed by atoms with Crippen molar-refractivity contribution in [1.29, 1.82) is 0 Å². The van der Waals surface area contributed by atoms with Gasteiger partial charge in [-0.15, -0.1) is 0 Å². The van der Waals surface area contributed by atoms with Crippen LogP contribution in [-0.2, 0) is 4.79 Å². The number of hydrogen-bond donors (Lipinski definition) is 2. The number of carboxylic acid groups (broad SMARTS) is 1. The van der Waals surface area contributed by atoms with Crippen LogP contribution >= 0.6 is 0 Å². The number of carboxylic acids is 1. The van der Waals surface area contributed by atoms with Crippen molar-refractivity contribution in [1.82, 2.24) is 0 Å². The van der Waals surface area contributed by atoms with Gasteiger partial charge in [-0.1, -0.05) is 19.1 Å². The Morgan fingerprint density at radius 1 is 1.58 bits per heavy atom. The second-order valence-electron chi connectivity index (χ2n) is 2.95. The van der Waals surface area contributed by atoms with E-state index < -0.39 is 12.1 Å². The Morgan fingerprint density at radius 2 is 2.17 bits per heavy atom. The van der Waals surface area contributed by atoms with Crippen LogP contribution in [0, 0.1) is 5.92 Å². The van der Waals surface area contributed by atoms with Gasteiger partial charge < -0.3 is 10.2 Å². The van der Waals surface area contributed by atoms with Crippen molar-refractivity contribution < 1.29 is 15.0 Å². The molecule has 0 saturated carbocycles. The summed E-state index contributed by atoms with van der Waals surface area (Å²) in [5.74, 6) is -0.938. The van der Waals surface area contributed by atoms with E-state index in [2.05, 4.69) is 0 Å². The molecule has 3 heteroatoms. The van der Waals surface area contributed by atoms with Gasteiger partial charge in [0.05, 0.1) is 12.5 Å². The van der Waals surface area contributed by atoms with Crippen molar-refractivity contribution in [2.75, 3.05) is 0 Å². The van der Waals surface area contributed by atoms with Crippen molar-refractivity contribution >= 4 is 5.97 Å². The molecule has 2 unspecified atom stereocenters. The number of carbonyl (C=O) groups is 1. The molecule has 0 aromatic heterocycles. The molecule has 0 spiro atoms. The van der Waals surface area contributed by atoms with Crippen LogP contribution in [0.1, 0.15) is 26.7 Å². The Bertz CT molecular complexity index is 163. The molecule has 0 aromatic carbocycles. The maximum atomic E-state index is 10.2. The average Bonchev–Trinajstić information content (AvgIpc) is 1.98. The molecule has 2 atom stereocenters. The van der Waals surface area contributed by atoms with Crippen molar-refractivity contribution in [2.24, 2.45) is 5.92 Å². The van der Waals surface area contributed by atoms with E-state index in [9.17, 15) is 9.90 Å². The molecule has 70 valence electrons. The second kappa shape index (κ2) is 5.77. The summed E-state index contributed by atoms with van der Waals surface area (Å²) >= 11 is 0. The fraction of sp³-hybridized carbons (Fsp3) is 0.667. The van der Waals surface area contributed by atoms with Crippen molar-refractivity contribution in [3.8, 4) is 0 Å². The highest BCUT2D eigenvalue weighted by molar-refractivity contribution is 5.67. The lowest BCUT2D eigenvalue weighted by Crippen LogP contribution is -2.20. The van der Waals surface area contributed by atoms with Crippen LogP contribution in [0.25, 0.3) is 0 Å². The number of aliphatic hydroxyl groups excluding tert-OH is 1. The smallest absolute Gasteiger partial charge is 0.305 e. The van der Waals surface area contributed by atoms with Crippen LogP contribution in [-0.4, -0.2) is 22.3 Å². The second-order valence-corrected chi connectivity index (χ2v) is 2.95. The van der Waals surface area contributed by atoms with Crippen LogP contribution in [0.5, 0.6) is 0 Å². The third-order valence-corrected chi connectivity index (χ3v) is 1.78. The molecule has 0 rings (SSSR count). The molecule has 0 aliphatic carbocycles. The van der Waals surface area contributed by atoms with Gasteiger partial charge in [0.15, 0.2) is 0 Å². The maximum absolute atomic E-state index is 10.2. The summed E-state index contributed by atoms with van der Waals surface area (Å²) in [4.78, 5) is 10.2. The summed E-state index contributed by atoms with van der Waals surface area (Å²) in [6.07, 6.45) is 3.64. The zero-order chi connectivity index (χ0) is 9.56. The highest BCUT2D eigenvalue weighted by atomic mass is 16.4. The van der Waals surface area contributed by atoms with Gasteiger partial charge >= 0.3 is 5.97 Å². The topological polar surface area (TPSA) is 57.5 Å². The van der Waals surface area contributed by atoms with Crippen molar-refractivity contribution in [3.05, 3.63) is 12.2 Å². The Morgan fingerprint density at radius 3 is 2.58 bits per heavy atom. The standard InChI is InChI=1S/C9H16O3/c1-3-4-5-7(2)8(10)6-9(11)12/h3-4,7-8,10H,5-6H2,1-2H3,(H,11,12)/b4-3+. The van der Waals surface area contributed by atoms with Crippen LogP contribution in [0.4, 0.5) is 0 Å². The van der Waals surface area contributed by atoms with Crippen LogP contribution in [0.15, 0.2) is 12.2 Å². The quantitative estimate of drug-likeness (QED) is 0.617. The number of aliphatic carboxylic acids is 1. The first-order valence-corrected chi connectivity index (χ1v) is 4.09. The largest absolute Gasteiger partial charge is 0.481 e. The summed E-state index contributed by atoms with van der Waals surface area (Å²) in [6.45, 7) is 3.74. The zero-order valence-corrected chi connectivity index (χ0v) is 7.53. The van der Waals surface area contributed by atoms with Crippen LogP contribution < -0.4 is 0 Å². The SMILES string of the molecule is C/C=C/CC(C)C(O)CC(=O)O. The molecule has 0 aliphatic rings.